The van der Waals surface area contributed by atoms with Crippen molar-refractivity contribution in [3.05, 3.63) is 59.7 Å². The maximum absolute atomic E-state index is 12.3. The first-order valence-electron chi connectivity index (χ1n) is 7.28. The number of nitrogens with one attached hydrogen (secondary N) is 1. The molecule has 110 valence electrons. The van der Waals surface area contributed by atoms with Crippen LogP contribution in [0.25, 0.3) is 0 Å². The molecule has 0 saturated carbocycles. The minimum atomic E-state index is -0.0544. The highest BCUT2D eigenvalue weighted by Crippen LogP contribution is 2.21. The Labute approximate surface area is 131 Å². The number of carbonyl (C=O) groups excluding carboxylic acids is 1. The normalized spacial score (nSPS) is 10.4. The molecule has 0 spiro atoms. The van der Waals surface area contributed by atoms with Crippen LogP contribution in [0.4, 0.5) is 5.69 Å². The summed E-state index contributed by atoms with van der Waals surface area (Å²) in [6.07, 6.45) is 5.48. The highest BCUT2D eigenvalue weighted by Gasteiger charge is 2.10. The van der Waals surface area contributed by atoms with E-state index in [0.717, 1.165) is 22.6 Å². The van der Waals surface area contributed by atoms with Crippen molar-refractivity contribution in [3.8, 4) is 0 Å². The zero-order valence-corrected chi connectivity index (χ0v) is 13.4. The van der Waals surface area contributed by atoms with Crippen LogP contribution >= 0.6 is 11.8 Å². The first-order chi connectivity index (χ1) is 10.2. The smallest absolute Gasteiger partial charge is 0.256 e. The summed E-state index contributed by atoms with van der Waals surface area (Å²) in [6.45, 7) is 2.19. The lowest BCUT2D eigenvalue weighted by Gasteiger charge is -2.09. The lowest BCUT2D eigenvalue weighted by atomic mass is 10.1. The second-order valence-corrected chi connectivity index (χ2v) is 5.80. The summed E-state index contributed by atoms with van der Waals surface area (Å²) >= 11 is 1.59. The third-order valence-electron chi connectivity index (χ3n) is 3.38. The molecule has 2 rings (SSSR count). The van der Waals surface area contributed by atoms with E-state index in [1.165, 1.54) is 18.4 Å². The Bertz CT molecular complexity index is 592. The van der Waals surface area contributed by atoms with Crippen molar-refractivity contribution in [2.75, 3.05) is 11.6 Å². The van der Waals surface area contributed by atoms with Crippen molar-refractivity contribution in [1.82, 2.24) is 0 Å². The lowest BCUT2D eigenvalue weighted by molar-refractivity contribution is 0.102. The first kappa shape index (κ1) is 15.6. The van der Waals surface area contributed by atoms with E-state index in [4.69, 9.17) is 0 Å². The number of amides is 1. The van der Waals surface area contributed by atoms with Crippen LogP contribution < -0.4 is 5.32 Å². The van der Waals surface area contributed by atoms with E-state index < -0.39 is 0 Å². The zero-order valence-electron chi connectivity index (χ0n) is 12.6. The van der Waals surface area contributed by atoms with Crippen molar-refractivity contribution in [3.63, 3.8) is 0 Å². The van der Waals surface area contributed by atoms with Gasteiger partial charge in [-0.3, -0.25) is 4.79 Å². The SMILES string of the molecule is CCCCc1ccc(NC(=O)c2ccccc2SC)cc1. The molecule has 0 bridgehead atoms. The average molecular weight is 299 g/mol. The highest BCUT2D eigenvalue weighted by molar-refractivity contribution is 7.98. The van der Waals surface area contributed by atoms with Gasteiger partial charge >= 0.3 is 0 Å². The zero-order chi connectivity index (χ0) is 15.1. The summed E-state index contributed by atoms with van der Waals surface area (Å²) in [6, 6.07) is 15.8. The Hall–Kier alpha value is -1.74. The van der Waals surface area contributed by atoms with Crippen molar-refractivity contribution >= 4 is 23.4 Å². The Balaban J connectivity index is 2.05. The standard InChI is InChI=1S/C18H21NOS/c1-3-4-7-14-10-12-15(13-11-14)19-18(20)16-8-5-6-9-17(16)21-2/h5-6,8-13H,3-4,7H2,1-2H3,(H,19,20). The molecule has 3 heteroatoms. The molecule has 0 heterocycles. The van der Waals surface area contributed by atoms with E-state index in [-0.39, 0.29) is 5.91 Å². The summed E-state index contributed by atoms with van der Waals surface area (Å²) < 4.78 is 0. The molecule has 0 saturated heterocycles. The molecule has 0 radical (unpaired) electrons. The summed E-state index contributed by atoms with van der Waals surface area (Å²) in [5, 5.41) is 2.96. The molecule has 1 amide bonds. The number of benzene rings is 2. The van der Waals surface area contributed by atoms with Crippen LogP contribution in [0.5, 0.6) is 0 Å². The highest BCUT2D eigenvalue weighted by atomic mass is 32.2. The van der Waals surface area contributed by atoms with Gasteiger partial charge in [-0.15, -0.1) is 11.8 Å². The number of aryl methyl sites for hydroxylation is 1. The van der Waals surface area contributed by atoms with Gasteiger partial charge in [0.15, 0.2) is 0 Å². The molecule has 0 aliphatic rings. The third kappa shape index (κ3) is 4.36. The molecule has 21 heavy (non-hydrogen) atoms. The van der Waals surface area contributed by atoms with Crippen molar-refractivity contribution in [2.24, 2.45) is 0 Å². The molecule has 2 aromatic rings. The predicted molar refractivity (Wildman–Crippen MR) is 91.2 cm³/mol. The molecule has 0 aliphatic heterocycles. The van der Waals surface area contributed by atoms with Crippen molar-refractivity contribution < 1.29 is 4.79 Å². The number of unbranched alkanes of at least 4 members (excludes halogenated alkanes) is 1. The number of hydrogen-bond acceptors (Lipinski definition) is 2. The number of hydrogen-bond donors (Lipinski definition) is 1. The van der Waals surface area contributed by atoms with E-state index >= 15 is 0 Å². The third-order valence-corrected chi connectivity index (χ3v) is 4.18. The van der Waals surface area contributed by atoms with Gasteiger partial charge in [-0.05, 0) is 48.9 Å². The predicted octanol–water partition coefficient (Wildman–Crippen LogP) is 5.00. The van der Waals surface area contributed by atoms with Crippen LogP contribution in [-0.4, -0.2) is 12.2 Å². The summed E-state index contributed by atoms with van der Waals surface area (Å²) in [5.74, 6) is -0.0544. The molecule has 0 aromatic heterocycles. The quantitative estimate of drug-likeness (QED) is 0.760. The molecule has 2 aromatic carbocycles. The number of carbonyl (C=O) groups is 1. The van der Waals surface area contributed by atoms with Gasteiger partial charge in [0.2, 0.25) is 0 Å². The average Bonchev–Trinajstić information content (AvgIpc) is 2.54. The van der Waals surface area contributed by atoms with Crippen LogP contribution in [0.3, 0.4) is 0 Å². The Morgan fingerprint density at radius 2 is 1.81 bits per heavy atom. The minimum absolute atomic E-state index is 0.0544. The van der Waals surface area contributed by atoms with Crippen molar-refractivity contribution in [2.45, 2.75) is 31.1 Å². The number of rotatable bonds is 6. The summed E-state index contributed by atoms with van der Waals surface area (Å²) in [4.78, 5) is 13.3. The maximum Gasteiger partial charge on any atom is 0.256 e. The van der Waals surface area contributed by atoms with E-state index in [1.807, 2.05) is 42.7 Å². The van der Waals surface area contributed by atoms with Crippen LogP contribution in [0.15, 0.2) is 53.4 Å². The molecule has 1 N–H and O–H groups in total. The fraction of sp³-hybridized carbons (Fsp3) is 0.278. The van der Waals surface area contributed by atoms with Gasteiger partial charge in [-0.1, -0.05) is 37.6 Å². The first-order valence-corrected chi connectivity index (χ1v) is 8.50. The fourth-order valence-corrected chi connectivity index (χ4v) is 2.76. The van der Waals surface area contributed by atoms with Gasteiger partial charge in [0.1, 0.15) is 0 Å². The van der Waals surface area contributed by atoms with Crippen LogP contribution in [0.2, 0.25) is 0 Å². The van der Waals surface area contributed by atoms with Gasteiger partial charge in [0.05, 0.1) is 5.56 Å². The summed E-state index contributed by atoms with van der Waals surface area (Å²) in [5.41, 5.74) is 2.88. The minimum Gasteiger partial charge on any atom is -0.322 e. The van der Waals surface area contributed by atoms with Gasteiger partial charge in [-0.25, -0.2) is 0 Å². The van der Waals surface area contributed by atoms with Crippen molar-refractivity contribution in [1.29, 1.82) is 0 Å². The maximum atomic E-state index is 12.3. The largest absolute Gasteiger partial charge is 0.322 e. The van der Waals surface area contributed by atoms with Crippen LogP contribution in [0.1, 0.15) is 35.7 Å². The lowest BCUT2D eigenvalue weighted by Crippen LogP contribution is -2.12. The van der Waals surface area contributed by atoms with E-state index in [1.54, 1.807) is 11.8 Å². The number of anilines is 1. The molecular weight excluding hydrogens is 278 g/mol. The molecule has 0 fully saturated rings. The monoisotopic (exact) mass is 299 g/mol. The van der Waals surface area contributed by atoms with E-state index in [0.29, 0.717) is 0 Å². The molecular formula is C18H21NOS. The van der Waals surface area contributed by atoms with Gasteiger partial charge in [0, 0.05) is 10.6 Å². The second kappa shape index (κ2) is 7.89. The molecule has 0 unspecified atom stereocenters. The van der Waals surface area contributed by atoms with Crippen LogP contribution in [-0.2, 0) is 6.42 Å². The van der Waals surface area contributed by atoms with Gasteiger partial charge in [0.25, 0.3) is 5.91 Å². The Morgan fingerprint density at radius 1 is 1.10 bits per heavy atom. The van der Waals surface area contributed by atoms with E-state index in [9.17, 15) is 4.79 Å². The molecule has 2 nitrogen and oxygen atoms in total. The Morgan fingerprint density at radius 3 is 2.48 bits per heavy atom. The van der Waals surface area contributed by atoms with Crippen LogP contribution in [0, 0.1) is 0 Å². The Kier molecular flexibility index (Phi) is 5.88. The molecule has 0 atom stereocenters. The second-order valence-electron chi connectivity index (χ2n) is 4.95. The van der Waals surface area contributed by atoms with Gasteiger partial charge < -0.3 is 5.32 Å². The topological polar surface area (TPSA) is 29.1 Å². The van der Waals surface area contributed by atoms with E-state index in [2.05, 4.69) is 24.4 Å². The number of thioether (sulfide) groups is 1. The molecule has 0 aliphatic carbocycles. The fourth-order valence-electron chi connectivity index (χ4n) is 2.17. The van der Waals surface area contributed by atoms with Gasteiger partial charge in [-0.2, -0.15) is 0 Å². The summed E-state index contributed by atoms with van der Waals surface area (Å²) in [7, 11) is 0.